The van der Waals surface area contributed by atoms with Crippen LogP contribution in [-0.4, -0.2) is 0 Å². The zero-order valence-corrected chi connectivity index (χ0v) is 20.0. The second-order valence-electron chi connectivity index (χ2n) is 9.05. The van der Waals surface area contributed by atoms with Crippen molar-refractivity contribution in [1.29, 1.82) is 0 Å². The fourth-order valence-corrected chi connectivity index (χ4v) is 5.01. The highest BCUT2D eigenvalue weighted by Gasteiger charge is 2.27. The molecular weight excluding hydrogens is 426 g/mol. The Hall–Kier alpha value is -4.30. The minimum absolute atomic E-state index is 0.867. The van der Waals surface area contributed by atoms with Crippen molar-refractivity contribution < 1.29 is 4.74 Å². The van der Waals surface area contributed by atoms with Crippen LogP contribution in [0, 0.1) is 13.8 Å². The van der Waals surface area contributed by atoms with Gasteiger partial charge in [-0.15, -0.1) is 0 Å². The van der Waals surface area contributed by atoms with Crippen LogP contribution in [0.1, 0.15) is 17.5 Å². The van der Waals surface area contributed by atoms with Crippen LogP contribution >= 0.6 is 0 Å². The molecule has 0 atom stereocenters. The summed E-state index contributed by atoms with van der Waals surface area (Å²) < 4.78 is 6.31. The van der Waals surface area contributed by atoms with E-state index in [0.29, 0.717) is 0 Å². The first kappa shape index (κ1) is 21.2. The number of hydrogen-bond acceptors (Lipinski definition) is 2. The van der Waals surface area contributed by atoms with E-state index < -0.39 is 0 Å². The highest BCUT2D eigenvalue weighted by atomic mass is 16.5. The Labute approximate surface area is 207 Å². The summed E-state index contributed by atoms with van der Waals surface area (Å²) in [4.78, 5) is 2.32. The summed E-state index contributed by atoms with van der Waals surface area (Å²) >= 11 is 0. The van der Waals surface area contributed by atoms with E-state index in [1.54, 1.807) is 0 Å². The van der Waals surface area contributed by atoms with Crippen LogP contribution in [0.4, 0.5) is 11.4 Å². The van der Waals surface area contributed by atoms with Gasteiger partial charge in [-0.05, 0) is 90.1 Å². The summed E-state index contributed by atoms with van der Waals surface area (Å²) in [5.74, 6) is 1.74. The highest BCUT2D eigenvalue weighted by Crippen LogP contribution is 2.46. The maximum atomic E-state index is 6.31. The quantitative estimate of drug-likeness (QED) is 0.307. The molecule has 0 amide bonds. The summed E-state index contributed by atoms with van der Waals surface area (Å²) in [7, 11) is 0. The Kier molecular flexibility index (Phi) is 5.35. The lowest BCUT2D eigenvalue weighted by atomic mass is 9.89. The number of aryl methyl sites for hydroxylation is 2. The Balaban J connectivity index is 1.61. The van der Waals surface area contributed by atoms with Crippen LogP contribution in [0.5, 0.6) is 5.75 Å². The molecule has 35 heavy (non-hydrogen) atoms. The molecule has 0 fully saturated rings. The van der Waals surface area contributed by atoms with E-state index in [2.05, 4.69) is 122 Å². The average Bonchev–Trinajstić information content (AvgIpc) is 3.13. The molecule has 4 aromatic rings. The lowest BCUT2D eigenvalue weighted by Gasteiger charge is -2.33. The monoisotopic (exact) mass is 453 g/mol. The van der Waals surface area contributed by atoms with Gasteiger partial charge in [-0.3, -0.25) is 0 Å². The smallest absolute Gasteiger partial charge is 0.151 e. The standard InChI is InChI=1S/C33H27NO/c1-23-12-6-8-14-26(23)28-21-20-25(22-29(28)27-15-9-7-13-24(27)2)34-30-16-4-3-5-18-32(30)35-33-19-11-10-17-31(33)34/h4-22H,3H2,1-2H3. The zero-order valence-electron chi connectivity index (χ0n) is 20.0. The molecule has 0 bridgehead atoms. The summed E-state index contributed by atoms with van der Waals surface area (Å²) in [6.45, 7) is 4.37. The molecule has 2 aliphatic rings. The predicted octanol–water partition coefficient (Wildman–Crippen LogP) is 8.90. The Morgan fingerprint density at radius 1 is 0.629 bits per heavy atom. The molecule has 0 aromatic heterocycles. The number of allylic oxidation sites excluding steroid dienone is 4. The molecule has 0 radical (unpaired) electrons. The average molecular weight is 454 g/mol. The van der Waals surface area contributed by atoms with Crippen LogP contribution in [0.15, 0.2) is 127 Å². The molecule has 0 spiro atoms. The Bertz CT molecular complexity index is 1520. The molecule has 0 saturated heterocycles. The fourth-order valence-electron chi connectivity index (χ4n) is 5.01. The third-order valence-corrected chi connectivity index (χ3v) is 6.77. The minimum atomic E-state index is 0.867. The Morgan fingerprint density at radius 2 is 1.29 bits per heavy atom. The normalized spacial score (nSPS) is 14.3. The van der Waals surface area contributed by atoms with E-state index in [9.17, 15) is 0 Å². The van der Waals surface area contributed by atoms with Crippen molar-refractivity contribution in [3.8, 4) is 28.0 Å². The first-order chi connectivity index (χ1) is 17.2. The second kappa shape index (κ2) is 8.81. The molecular formula is C33H27NO. The van der Waals surface area contributed by atoms with Crippen molar-refractivity contribution in [2.24, 2.45) is 0 Å². The van der Waals surface area contributed by atoms with Gasteiger partial charge in [-0.25, -0.2) is 0 Å². The SMILES string of the molecule is Cc1ccccc1-c1ccc(N2C3=C(C=CCC=C3)Oc3ccccc32)cc1-c1ccccc1C. The predicted molar refractivity (Wildman–Crippen MR) is 146 cm³/mol. The molecule has 1 heterocycles. The number of benzene rings is 4. The summed E-state index contributed by atoms with van der Waals surface area (Å²) in [5, 5.41) is 0. The van der Waals surface area contributed by atoms with Crippen LogP contribution in [0.25, 0.3) is 22.3 Å². The van der Waals surface area contributed by atoms with Gasteiger partial charge in [-0.2, -0.15) is 0 Å². The maximum absolute atomic E-state index is 6.31. The summed E-state index contributed by atoms with van der Waals surface area (Å²) in [6.07, 6.45) is 9.48. The van der Waals surface area contributed by atoms with Crippen LogP contribution in [-0.2, 0) is 0 Å². The van der Waals surface area contributed by atoms with Crippen LogP contribution in [0.3, 0.4) is 0 Å². The number of ether oxygens (including phenoxy) is 1. The van der Waals surface area contributed by atoms with Gasteiger partial charge >= 0.3 is 0 Å². The molecule has 4 aromatic carbocycles. The van der Waals surface area contributed by atoms with Gasteiger partial charge in [0.1, 0.15) is 0 Å². The second-order valence-corrected chi connectivity index (χ2v) is 9.05. The first-order valence-corrected chi connectivity index (χ1v) is 12.1. The van der Waals surface area contributed by atoms with E-state index in [4.69, 9.17) is 4.74 Å². The number of nitrogens with zero attached hydrogens (tertiary/aromatic N) is 1. The van der Waals surface area contributed by atoms with Crippen LogP contribution in [0.2, 0.25) is 0 Å². The summed E-state index contributed by atoms with van der Waals surface area (Å²) in [5.41, 5.74) is 10.7. The molecule has 0 saturated carbocycles. The third kappa shape index (κ3) is 3.77. The molecule has 2 heteroatoms. The van der Waals surface area contributed by atoms with Crippen molar-refractivity contribution in [2.45, 2.75) is 20.3 Å². The molecule has 0 N–H and O–H groups in total. The zero-order chi connectivity index (χ0) is 23.8. The topological polar surface area (TPSA) is 12.5 Å². The van der Waals surface area contributed by atoms with Crippen molar-refractivity contribution in [2.75, 3.05) is 4.90 Å². The molecule has 170 valence electrons. The molecule has 6 rings (SSSR count). The minimum Gasteiger partial charge on any atom is -0.453 e. The van der Waals surface area contributed by atoms with E-state index in [0.717, 1.165) is 35.0 Å². The van der Waals surface area contributed by atoms with E-state index >= 15 is 0 Å². The summed E-state index contributed by atoms with van der Waals surface area (Å²) in [6, 6.07) is 32.4. The fraction of sp³-hybridized carbons (Fsp3) is 0.0909. The maximum Gasteiger partial charge on any atom is 0.151 e. The highest BCUT2D eigenvalue weighted by molar-refractivity contribution is 5.90. The van der Waals surface area contributed by atoms with Gasteiger partial charge in [0.05, 0.1) is 11.4 Å². The number of hydrogen-bond donors (Lipinski definition) is 0. The number of rotatable bonds is 3. The molecule has 1 aliphatic carbocycles. The van der Waals surface area contributed by atoms with Gasteiger partial charge < -0.3 is 9.64 Å². The van der Waals surface area contributed by atoms with Gasteiger partial charge in [0, 0.05) is 5.69 Å². The molecule has 0 unspecified atom stereocenters. The van der Waals surface area contributed by atoms with Gasteiger partial charge in [0.25, 0.3) is 0 Å². The van der Waals surface area contributed by atoms with Gasteiger partial charge in [0.15, 0.2) is 11.5 Å². The van der Waals surface area contributed by atoms with Crippen molar-refractivity contribution in [3.63, 3.8) is 0 Å². The Morgan fingerprint density at radius 3 is 2.06 bits per heavy atom. The van der Waals surface area contributed by atoms with Crippen molar-refractivity contribution in [3.05, 3.63) is 138 Å². The lowest BCUT2D eigenvalue weighted by Crippen LogP contribution is -2.23. The number of anilines is 2. The van der Waals surface area contributed by atoms with E-state index in [1.807, 2.05) is 12.1 Å². The van der Waals surface area contributed by atoms with E-state index in [-0.39, 0.29) is 0 Å². The third-order valence-electron chi connectivity index (χ3n) is 6.77. The van der Waals surface area contributed by atoms with E-state index in [1.165, 1.54) is 33.4 Å². The lowest BCUT2D eigenvalue weighted by molar-refractivity contribution is 0.431. The van der Waals surface area contributed by atoms with Crippen molar-refractivity contribution >= 4 is 11.4 Å². The number of fused-ring (bicyclic) bond motifs is 1. The van der Waals surface area contributed by atoms with Gasteiger partial charge in [0.2, 0.25) is 0 Å². The largest absolute Gasteiger partial charge is 0.453 e. The van der Waals surface area contributed by atoms with Crippen LogP contribution < -0.4 is 9.64 Å². The first-order valence-electron chi connectivity index (χ1n) is 12.1. The number of para-hydroxylation sites is 2. The van der Waals surface area contributed by atoms with Crippen molar-refractivity contribution in [1.82, 2.24) is 0 Å². The molecule has 1 aliphatic heterocycles. The van der Waals surface area contributed by atoms with Gasteiger partial charge in [-0.1, -0.05) is 78.9 Å². The molecule has 2 nitrogen and oxygen atoms in total.